The van der Waals surface area contributed by atoms with Gasteiger partial charge in [-0.1, -0.05) is 12.8 Å². The highest BCUT2D eigenvalue weighted by atomic mass is 16.6. The molecule has 0 aromatic heterocycles. The summed E-state index contributed by atoms with van der Waals surface area (Å²) >= 11 is 0. The molecule has 1 aromatic carbocycles. The maximum Gasteiger partial charge on any atom is 0.338 e. The molecule has 0 saturated heterocycles. The van der Waals surface area contributed by atoms with E-state index in [1.807, 2.05) is 0 Å². The van der Waals surface area contributed by atoms with Gasteiger partial charge in [-0.05, 0) is 30.9 Å². The highest BCUT2D eigenvalue weighted by Crippen LogP contribution is 2.25. The van der Waals surface area contributed by atoms with Crippen molar-refractivity contribution in [2.45, 2.75) is 25.7 Å². The van der Waals surface area contributed by atoms with Crippen molar-refractivity contribution in [2.24, 2.45) is 5.92 Å². The number of benzene rings is 1. The van der Waals surface area contributed by atoms with Crippen molar-refractivity contribution in [3.05, 3.63) is 39.9 Å². The van der Waals surface area contributed by atoms with E-state index >= 15 is 0 Å². The molecule has 5 nitrogen and oxygen atoms in total. The maximum absolute atomic E-state index is 11.7. The average Bonchev–Trinajstić information content (AvgIpc) is 2.89. The lowest BCUT2D eigenvalue weighted by Crippen LogP contribution is -2.12. The summed E-state index contributed by atoms with van der Waals surface area (Å²) in [5.41, 5.74) is 0.334. The standard InChI is InChI=1S/C13H15NO4/c15-13(18-9-10-3-1-2-4-10)11-5-7-12(8-6-11)14(16)17/h5-8,10H,1-4,9H2. The number of nitrogens with zero attached hydrogens (tertiary/aromatic N) is 1. The molecule has 0 heterocycles. The quantitative estimate of drug-likeness (QED) is 0.467. The Balaban J connectivity index is 1.89. The van der Waals surface area contributed by atoms with Crippen molar-refractivity contribution in [1.29, 1.82) is 0 Å². The van der Waals surface area contributed by atoms with Crippen LogP contribution in [0.5, 0.6) is 0 Å². The molecule has 1 aromatic rings. The molecular weight excluding hydrogens is 234 g/mol. The molecule has 1 fully saturated rings. The van der Waals surface area contributed by atoms with Crippen LogP contribution in [0.25, 0.3) is 0 Å². The third-order valence-electron chi connectivity index (χ3n) is 3.24. The third kappa shape index (κ3) is 3.06. The molecule has 0 spiro atoms. The van der Waals surface area contributed by atoms with Gasteiger partial charge in [0.15, 0.2) is 0 Å². The van der Waals surface area contributed by atoms with Crippen LogP contribution in [-0.4, -0.2) is 17.5 Å². The third-order valence-corrected chi connectivity index (χ3v) is 3.24. The molecule has 96 valence electrons. The fraction of sp³-hybridized carbons (Fsp3) is 0.462. The summed E-state index contributed by atoms with van der Waals surface area (Å²) in [6, 6.07) is 5.47. The fourth-order valence-corrected chi connectivity index (χ4v) is 2.17. The first-order valence-corrected chi connectivity index (χ1v) is 6.08. The number of hydrogen-bond acceptors (Lipinski definition) is 4. The Labute approximate surface area is 105 Å². The van der Waals surface area contributed by atoms with Crippen LogP contribution in [0.2, 0.25) is 0 Å². The molecule has 0 amide bonds. The van der Waals surface area contributed by atoms with Gasteiger partial charge in [0.25, 0.3) is 5.69 Å². The Morgan fingerprint density at radius 3 is 2.44 bits per heavy atom. The topological polar surface area (TPSA) is 69.4 Å². The maximum atomic E-state index is 11.7. The number of carbonyl (C=O) groups excluding carboxylic acids is 1. The van der Waals surface area contributed by atoms with E-state index in [1.165, 1.54) is 37.1 Å². The smallest absolute Gasteiger partial charge is 0.338 e. The van der Waals surface area contributed by atoms with Crippen LogP contribution in [0.1, 0.15) is 36.0 Å². The van der Waals surface area contributed by atoms with Crippen LogP contribution in [0.15, 0.2) is 24.3 Å². The van der Waals surface area contributed by atoms with Crippen LogP contribution in [0, 0.1) is 16.0 Å². The highest BCUT2D eigenvalue weighted by Gasteiger charge is 2.17. The zero-order chi connectivity index (χ0) is 13.0. The number of rotatable bonds is 4. The van der Waals surface area contributed by atoms with Crippen molar-refractivity contribution < 1.29 is 14.5 Å². The van der Waals surface area contributed by atoms with E-state index in [2.05, 4.69) is 0 Å². The first kappa shape index (κ1) is 12.5. The van der Waals surface area contributed by atoms with Crippen molar-refractivity contribution >= 4 is 11.7 Å². The van der Waals surface area contributed by atoms with Gasteiger partial charge in [-0.2, -0.15) is 0 Å². The average molecular weight is 249 g/mol. The summed E-state index contributed by atoms with van der Waals surface area (Å²) < 4.78 is 5.20. The van der Waals surface area contributed by atoms with Crippen LogP contribution in [0.3, 0.4) is 0 Å². The van der Waals surface area contributed by atoms with Gasteiger partial charge in [-0.3, -0.25) is 10.1 Å². The number of esters is 1. The SMILES string of the molecule is O=C(OCC1CCCC1)c1ccc([N+](=O)[O-])cc1. The van der Waals surface area contributed by atoms with Gasteiger partial charge < -0.3 is 4.74 Å². The lowest BCUT2D eigenvalue weighted by atomic mass is 10.1. The van der Waals surface area contributed by atoms with Crippen LogP contribution >= 0.6 is 0 Å². The normalized spacial score (nSPS) is 15.6. The molecule has 0 unspecified atom stereocenters. The number of nitro groups is 1. The first-order chi connectivity index (χ1) is 8.66. The molecule has 18 heavy (non-hydrogen) atoms. The molecule has 0 atom stereocenters. The van der Waals surface area contributed by atoms with E-state index in [4.69, 9.17) is 4.74 Å². The van der Waals surface area contributed by atoms with Crippen molar-refractivity contribution in [3.63, 3.8) is 0 Å². The van der Waals surface area contributed by atoms with Crippen LogP contribution < -0.4 is 0 Å². The molecule has 5 heteroatoms. The second-order valence-corrected chi connectivity index (χ2v) is 4.55. The summed E-state index contributed by atoms with van der Waals surface area (Å²) in [4.78, 5) is 21.7. The molecule has 1 aliphatic rings. The van der Waals surface area contributed by atoms with Crippen molar-refractivity contribution in [3.8, 4) is 0 Å². The summed E-state index contributed by atoms with van der Waals surface area (Å²) in [5.74, 6) is 0.0730. The number of hydrogen-bond donors (Lipinski definition) is 0. The summed E-state index contributed by atoms with van der Waals surface area (Å²) in [6.07, 6.45) is 4.65. The van der Waals surface area contributed by atoms with Crippen LogP contribution in [0.4, 0.5) is 5.69 Å². The van der Waals surface area contributed by atoms with Gasteiger partial charge in [-0.15, -0.1) is 0 Å². The largest absolute Gasteiger partial charge is 0.462 e. The van der Waals surface area contributed by atoms with E-state index in [9.17, 15) is 14.9 Å². The lowest BCUT2D eigenvalue weighted by molar-refractivity contribution is -0.384. The Hall–Kier alpha value is -1.91. The molecule has 0 N–H and O–H groups in total. The fourth-order valence-electron chi connectivity index (χ4n) is 2.17. The number of ether oxygens (including phenoxy) is 1. The van der Waals surface area contributed by atoms with E-state index in [1.54, 1.807) is 0 Å². The van der Waals surface area contributed by atoms with Gasteiger partial charge in [-0.25, -0.2) is 4.79 Å². The van der Waals surface area contributed by atoms with E-state index in [-0.39, 0.29) is 5.69 Å². The Morgan fingerprint density at radius 1 is 1.28 bits per heavy atom. The molecule has 1 saturated carbocycles. The Morgan fingerprint density at radius 2 is 1.89 bits per heavy atom. The van der Waals surface area contributed by atoms with Crippen molar-refractivity contribution in [1.82, 2.24) is 0 Å². The second-order valence-electron chi connectivity index (χ2n) is 4.55. The van der Waals surface area contributed by atoms with Gasteiger partial charge in [0.1, 0.15) is 0 Å². The van der Waals surface area contributed by atoms with Gasteiger partial charge in [0, 0.05) is 12.1 Å². The number of carbonyl (C=O) groups is 1. The monoisotopic (exact) mass is 249 g/mol. The summed E-state index contributed by atoms with van der Waals surface area (Å²) in [6.45, 7) is 0.454. The predicted molar refractivity (Wildman–Crippen MR) is 65.3 cm³/mol. The van der Waals surface area contributed by atoms with Gasteiger partial charge in [0.05, 0.1) is 17.1 Å². The minimum Gasteiger partial charge on any atom is -0.462 e. The second kappa shape index (κ2) is 5.62. The zero-order valence-corrected chi connectivity index (χ0v) is 10.0. The minimum atomic E-state index is -0.492. The molecule has 1 aliphatic carbocycles. The molecule has 0 radical (unpaired) electrons. The number of non-ortho nitro benzene ring substituents is 1. The molecular formula is C13H15NO4. The van der Waals surface area contributed by atoms with E-state index < -0.39 is 10.9 Å². The predicted octanol–water partition coefficient (Wildman–Crippen LogP) is 2.94. The highest BCUT2D eigenvalue weighted by molar-refractivity contribution is 5.89. The Kier molecular flexibility index (Phi) is 3.92. The first-order valence-electron chi connectivity index (χ1n) is 6.08. The lowest BCUT2D eigenvalue weighted by Gasteiger charge is -2.09. The van der Waals surface area contributed by atoms with Gasteiger partial charge >= 0.3 is 5.97 Å². The number of nitro benzene ring substituents is 1. The minimum absolute atomic E-state index is 0.0256. The zero-order valence-electron chi connectivity index (χ0n) is 10.0. The van der Waals surface area contributed by atoms with Crippen LogP contribution in [-0.2, 0) is 4.74 Å². The molecule has 2 rings (SSSR count). The van der Waals surface area contributed by atoms with Gasteiger partial charge in [0.2, 0.25) is 0 Å². The molecule has 0 aliphatic heterocycles. The van der Waals surface area contributed by atoms with Crippen molar-refractivity contribution in [2.75, 3.05) is 6.61 Å². The Bertz CT molecular complexity index is 435. The summed E-state index contributed by atoms with van der Waals surface area (Å²) in [5, 5.41) is 10.5. The van der Waals surface area contributed by atoms with E-state index in [0.29, 0.717) is 18.1 Å². The summed E-state index contributed by atoms with van der Waals surface area (Å²) in [7, 11) is 0. The molecule has 0 bridgehead atoms. The van der Waals surface area contributed by atoms with E-state index in [0.717, 1.165) is 12.8 Å².